The second-order valence-corrected chi connectivity index (χ2v) is 11.9. The van der Waals surface area contributed by atoms with Crippen LogP contribution >= 0.6 is 27.3 Å². The third kappa shape index (κ3) is 6.75. The van der Waals surface area contributed by atoms with Crippen LogP contribution in [-0.4, -0.2) is 70.4 Å². The van der Waals surface area contributed by atoms with Crippen LogP contribution in [0.5, 0.6) is 5.75 Å². The van der Waals surface area contributed by atoms with Crippen LogP contribution < -0.4 is 10.1 Å². The predicted octanol–water partition coefficient (Wildman–Crippen LogP) is 4.13. The van der Waals surface area contributed by atoms with Crippen molar-refractivity contribution in [2.45, 2.75) is 32.2 Å². The average Bonchev–Trinajstić information content (AvgIpc) is 3.18. The van der Waals surface area contributed by atoms with Crippen LogP contribution in [-0.2, 0) is 24.3 Å². The smallest absolute Gasteiger partial charge is 0.351 e. The molecule has 0 bridgehead atoms. The molecule has 1 aliphatic rings. The fraction of sp³-hybridized carbons (Fsp3) is 0.478. The van der Waals surface area contributed by atoms with Crippen LogP contribution in [0, 0.1) is 0 Å². The van der Waals surface area contributed by atoms with Gasteiger partial charge in [0, 0.05) is 24.8 Å². The van der Waals surface area contributed by atoms with E-state index in [1.807, 2.05) is 31.2 Å². The summed E-state index contributed by atoms with van der Waals surface area (Å²) >= 11 is 4.71. The van der Waals surface area contributed by atoms with E-state index < -0.39 is 22.0 Å². The van der Waals surface area contributed by atoms with Crippen LogP contribution in [0.15, 0.2) is 28.7 Å². The maximum absolute atomic E-state index is 12.3. The highest BCUT2D eigenvalue weighted by molar-refractivity contribution is 9.10. The van der Waals surface area contributed by atoms with Gasteiger partial charge in [-0.3, -0.25) is 0 Å². The molecule has 0 aliphatic carbocycles. The lowest BCUT2D eigenvalue weighted by Gasteiger charge is -2.32. The van der Waals surface area contributed by atoms with Crippen molar-refractivity contribution in [3.8, 4) is 16.2 Å². The molecular weight excluding hydrogens is 560 g/mol. The van der Waals surface area contributed by atoms with Crippen LogP contribution in [0.3, 0.4) is 0 Å². The third-order valence-electron chi connectivity index (χ3n) is 5.55. The molecule has 1 saturated heterocycles. The number of rotatable bonds is 10. The van der Waals surface area contributed by atoms with Crippen molar-refractivity contribution < 1.29 is 32.2 Å². The van der Waals surface area contributed by atoms with Crippen LogP contribution in [0.4, 0.5) is 5.69 Å². The van der Waals surface area contributed by atoms with Gasteiger partial charge in [-0.15, -0.1) is 11.3 Å². The van der Waals surface area contributed by atoms with Gasteiger partial charge in [0.25, 0.3) is 0 Å². The first kappa shape index (κ1) is 27.4. The lowest BCUT2D eigenvalue weighted by molar-refractivity contribution is -0.142. The summed E-state index contributed by atoms with van der Waals surface area (Å²) < 4.78 is 41.8. The number of esters is 2. The molecule has 35 heavy (non-hydrogen) atoms. The van der Waals surface area contributed by atoms with E-state index in [9.17, 15) is 18.0 Å². The van der Waals surface area contributed by atoms with Gasteiger partial charge < -0.3 is 19.5 Å². The van der Waals surface area contributed by atoms with Gasteiger partial charge >= 0.3 is 11.9 Å². The molecule has 0 radical (unpaired) electrons. The first-order valence-electron chi connectivity index (χ1n) is 11.1. The molecule has 192 valence electrons. The lowest BCUT2D eigenvalue weighted by Crippen LogP contribution is -2.43. The van der Waals surface area contributed by atoms with Gasteiger partial charge in [0.1, 0.15) is 0 Å². The number of sulfonamides is 1. The monoisotopic (exact) mass is 588 g/mol. The molecule has 1 N–H and O–H groups in total. The number of nitrogens with zero attached hydrogens (tertiary/aromatic N) is 1. The fourth-order valence-electron chi connectivity index (χ4n) is 3.78. The number of nitrogens with one attached hydrogen (secondary N) is 1. The Balaban J connectivity index is 1.77. The molecule has 0 spiro atoms. The minimum Gasteiger partial charge on any atom is -0.479 e. The summed E-state index contributed by atoms with van der Waals surface area (Å²) in [5, 5.41) is 3.50. The van der Waals surface area contributed by atoms with E-state index in [-0.39, 0.29) is 29.0 Å². The molecule has 9 nitrogen and oxygen atoms in total. The molecule has 12 heteroatoms. The van der Waals surface area contributed by atoms with E-state index in [4.69, 9.17) is 9.47 Å². The SMILES string of the molecule is CCCS(=O)(=O)N1CCC(Nc2cccc(-c3sc(C(=O)OC)c(OCC(=O)OC)c3Br)c2)CC1. The first-order chi connectivity index (χ1) is 16.7. The van der Waals surface area contributed by atoms with Crippen LogP contribution in [0.2, 0.25) is 0 Å². The fourth-order valence-corrected chi connectivity index (χ4v) is 7.29. The van der Waals surface area contributed by atoms with Gasteiger partial charge in [0.15, 0.2) is 17.2 Å². The predicted molar refractivity (Wildman–Crippen MR) is 139 cm³/mol. The second kappa shape index (κ2) is 12.2. The molecular formula is C23H29BrN2O7S2. The number of carbonyl (C=O) groups is 2. The quantitative estimate of drug-likeness (QED) is 0.412. The molecule has 2 heterocycles. The largest absolute Gasteiger partial charge is 0.479 e. The number of hydrogen-bond acceptors (Lipinski definition) is 9. The summed E-state index contributed by atoms with van der Waals surface area (Å²) in [6.45, 7) is 2.52. The molecule has 0 saturated carbocycles. The highest BCUT2D eigenvalue weighted by atomic mass is 79.9. The van der Waals surface area contributed by atoms with Crippen molar-refractivity contribution in [1.29, 1.82) is 0 Å². The van der Waals surface area contributed by atoms with E-state index >= 15 is 0 Å². The minimum absolute atomic E-state index is 0.148. The molecule has 1 aliphatic heterocycles. The molecule has 0 amide bonds. The zero-order chi connectivity index (χ0) is 25.6. The van der Waals surface area contributed by atoms with E-state index in [0.717, 1.165) is 16.1 Å². The Morgan fingerprint density at radius 2 is 1.91 bits per heavy atom. The number of methoxy groups -OCH3 is 2. The Hall–Kier alpha value is -2.15. The Bertz CT molecular complexity index is 1160. The van der Waals surface area contributed by atoms with E-state index in [1.54, 1.807) is 4.31 Å². The number of benzene rings is 1. The van der Waals surface area contributed by atoms with Crippen molar-refractivity contribution in [3.05, 3.63) is 33.6 Å². The summed E-state index contributed by atoms with van der Waals surface area (Å²) in [6, 6.07) is 7.86. The van der Waals surface area contributed by atoms with E-state index in [1.165, 1.54) is 25.6 Å². The van der Waals surface area contributed by atoms with Gasteiger partial charge in [0.05, 0.1) is 29.3 Å². The van der Waals surface area contributed by atoms with Crippen LogP contribution in [0.1, 0.15) is 35.9 Å². The van der Waals surface area contributed by atoms with Crippen molar-refractivity contribution in [3.63, 3.8) is 0 Å². The topological polar surface area (TPSA) is 111 Å². The van der Waals surface area contributed by atoms with Gasteiger partial charge in [0.2, 0.25) is 10.0 Å². The molecule has 2 aromatic rings. The van der Waals surface area contributed by atoms with Gasteiger partial charge in [-0.1, -0.05) is 19.1 Å². The number of thiophene rings is 1. The van der Waals surface area contributed by atoms with Gasteiger partial charge in [-0.2, -0.15) is 0 Å². The third-order valence-corrected chi connectivity index (χ3v) is 9.84. The van der Waals surface area contributed by atoms with Crippen molar-refractivity contribution in [2.75, 3.05) is 45.0 Å². The number of carbonyl (C=O) groups excluding carboxylic acids is 2. The zero-order valence-corrected chi connectivity index (χ0v) is 23.1. The number of halogens is 1. The second-order valence-electron chi connectivity index (χ2n) is 7.97. The maximum Gasteiger partial charge on any atom is 0.351 e. The van der Waals surface area contributed by atoms with Gasteiger partial charge in [-0.05, 0) is 52.9 Å². The Morgan fingerprint density at radius 3 is 2.54 bits per heavy atom. The summed E-state index contributed by atoms with van der Waals surface area (Å²) in [5.74, 6) is -0.732. The Morgan fingerprint density at radius 1 is 1.20 bits per heavy atom. The Kier molecular flexibility index (Phi) is 9.56. The Labute approximate surface area is 217 Å². The van der Waals surface area contributed by atoms with Crippen molar-refractivity contribution in [2.24, 2.45) is 0 Å². The highest BCUT2D eigenvalue weighted by Crippen LogP contribution is 2.46. The molecule has 1 fully saturated rings. The molecule has 3 rings (SSSR count). The number of hydrogen-bond donors (Lipinski definition) is 1. The van der Waals surface area contributed by atoms with E-state index in [2.05, 4.69) is 26.0 Å². The zero-order valence-electron chi connectivity index (χ0n) is 19.8. The summed E-state index contributed by atoms with van der Waals surface area (Å²) in [5.41, 5.74) is 1.72. The van der Waals surface area contributed by atoms with Gasteiger partial charge in [-0.25, -0.2) is 22.3 Å². The first-order valence-corrected chi connectivity index (χ1v) is 14.4. The van der Waals surface area contributed by atoms with Crippen molar-refractivity contribution >= 4 is 54.9 Å². The molecule has 1 aromatic carbocycles. The minimum atomic E-state index is -3.18. The molecule has 1 aromatic heterocycles. The number of piperidine rings is 1. The van der Waals surface area contributed by atoms with E-state index in [0.29, 0.717) is 36.8 Å². The highest BCUT2D eigenvalue weighted by Gasteiger charge is 2.28. The number of anilines is 1. The van der Waals surface area contributed by atoms with Crippen LogP contribution in [0.25, 0.3) is 10.4 Å². The lowest BCUT2D eigenvalue weighted by atomic mass is 10.1. The summed E-state index contributed by atoms with van der Waals surface area (Å²) in [6.07, 6.45) is 2.04. The summed E-state index contributed by atoms with van der Waals surface area (Å²) in [4.78, 5) is 24.8. The molecule has 0 atom stereocenters. The molecule has 0 unspecified atom stereocenters. The normalized spacial score (nSPS) is 15.0. The average molecular weight is 590 g/mol. The standard InChI is InChI=1S/C23H29BrN2O7S2/c1-4-12-35(29,30)26-10-8-16(9-11-26)25-17-7-5-6-15(13-17)21-19(24)20(33-14-18(27)31-2)22(34-21)23(28)32-3/h5-7,13,16,25H,4,8-12,14H2,1-3H3. The maximum atomic E-state index is 12.3. The number of ether oxygens (including phenoxy) is 3. The van der Waals surface area contributed by atoms with Crippen molar-refractivity contribution in [1.82, 2.24) is 4.31 Å². The summed E-state index contributed by atoms with van der Waals surface area (Å²) in [7, 11) is -0.639.